The van der Waals surface area contributed by atoms with Crippen LogP contribution in [0.15, 0.2) is 12.5 Å². The van der Waals surface area contributed by atoms with Crippen molar-refractivity contribution in [1.82, 2.24) is 19.8 Å². The lowest BCUT2D eigenvalue weighted by Crippen LogP contribution is -2.58. The molecule has 2 rings (SSSR count). The topological polar surface area (TPSA) is 50.2 Å². The Kier molecular flexibility index (Phi) is 4.01. The molecule has 1 aliphatic heterocycles. The summed E-state index contributed by atoms with van der Waals surface area (Å²) in [5, 5.41) is 3.50. The van der Waals surface area contributed by atoms with E-state index >= 15 is 0 Å². The van der Waals surface area contributed by atoms with Crippen LogP contribution in [0.4, 0.5) is 0 Å². The second kappa shape index (κ2) is 5.52. The lowest BCUT2D eigenvalue weighted by Gasteiger charge is -2.39. The lowest BCUT2D eigenvalue weighted by molar-refractivity contribution is 0.0566. The van der Waals surface area contributed by atoms with E-state index < -0.39 is 0 Å². The van der Waals surface area contributed by atoms with Gasteiger partial charge >= 0.3 is 0 Å². The Hall–Kier alpha value is -1.36. The van der Waals surface area contributed by atoms with Gasteiger partial charge in [0.25, 0.3) is 5.91 Å². The number of aryl methyl sites for hydroxylation is 1. The second-order valence-electron chi connectivity index (χ2n) is 4.92. The maximum absolute atomic E-state index is 12.5. The van der Waals surface area contributed by atoms with Crippen molar-refractivity contribution in [3.8, 4) is 0 Å². The van der Waals surface area contributed by atoms with Crippen molar-refractivity contribution < 1.29 is 4.79 Å². The summed E-state index contributed by atoms with van der Waals surface area (Å²) < 4.78 is 1.79. The van der Waals surface area contributed by atoms with E-state index in [0.717, 1.165) is 25.9 Å². The van der Waals surface area contributed by atoms with Crippen molar-refractivity contribution in [2.24, 2.45) is 7.05 Å². The number of nitrogens with zero attached hydrogens (tertiary/aromatic N) is 3. The molecule has 0 spiro atoms. The van der Waals surface area contributed by atoms with Gasteiger partial charge in [-0.3, -0.25) is 4.79 Å². The average molecular weight is 250 g/mol. The van der Waals surface area contributed by atoms with Gasteiger partial charge in [0.2, 0.25) is 0 Å². The Morgan fingerprint density at radius 3 is 2.83 bits per heavy atom. The number of hydrogen-bond acceptors (Lipinski definition) is 3. The molecule has 1 saturated heterocycles. The molecule has 1 aliphatic rings. The first-order valence-corrected chi connectivity index (χ1v) is 6.68. The van der Waals surface area contributed by atoms with Crippen LogP contribution in [0, 0.1) is 0 Å². The van der Waals surface area contributed by atoms with Crippen molar-refractivity contribution in [2.45, 2.75) is 38.8 Å². The first-order valence-electron chi connectivity index (χ1n) is 6.68. The number of imidazole rings is 1. The summed E-state index contributed by atoms with van der Waals surface area (Å²) in [5.41, 5.74) is 0.671. The van der Waals surface area contributed by atoms with Crippen molar-refractivity contribution in [1.29, 1.82) is 0 Å². The molecule has 0 bridgehead atoms. The summed E-state index contributed by atoms with van der Waals surface area (Å²) in [6.07, 6.45) is 5.35. The lowest BCUT2D eigenvalue weighted by atomic mass is 10.0. The van der Waals surface area contributed by atoms with Gasteiger partial charge in [0.1, 0.15) is 5.69 Å². The minimum atomic E-state index is 0.0989. The third kappa shape index (κ3) is 2.41. The molecular formula is C13H22N4O. The van der Waals surface area contributed by atoms with Crippen LogP contribution in [0.25, 0.3) is 0 Å². The number of nitrogens with one attached hydrogen (secondary N) is 1. The van der Waals surface area contributed by atoms with E-state index in [1.807, 2.05) is 11.9 Å². The maximum atomic E-state index is 12.5. The number of carbonyl (C=O) groups is 1. The molecule has 0 aromatic carbocycles. The number of hydrogen-bond donors (Lipinski definition) is 1. The van der Waals surface area contributed by atoms with Gasteiger partial charge in [0.05, 0.1) is 12.5 Å². The van der Waals surface area contributed by atoms with Crippen LogP contribution < -0.4 is 5.32 Å². The first kappa shape index (κ1) is 13.1. The van der Waals surface area contributed by atoms with Crippen LogP contribution in [0.5, 0.6) is 0 Å². The molecule has 5 heteroatoms. The van der Waals surface area contributed by atoms with Crippen LogP contribution in [-0.4, -0.2) is 45.5 Å². The van der Waals surface area contributed by atoms with E-state index in [2.05, 4.69) is 24.1 Å². The molecule has 2 heterocycles. The molecule has 1 aromatic heterocycles. The van der Waals surface area contributed by atoms with E-state index in [1.54, 1.807) is 17.1 Å². The fourth-order valence-corrected chi connectivity index (χ4v) is 2.46. The molecule has 1 aromatic rings. The highest BCUT2D eigenvalue weighted by Gasteiger charge is 2.31. The van der Waals surface area contributed by atoms with Crippen molar-refractivity contribution >= 4 is 5.91 Å². The first-order chi connectivity index (χ1) is 8.67. The molecule has 100 valence electrons. The van der Waals surface area contributed by atoms with Gasteiger partial charge < -0.3 is 14.8 Å². The quantitative estimate of drug-likeness (QED) is 0.871. The van der Waals surface area contributed by atoms with Crippen LogP contribution in [0.2, 0.25) is 0 Å². The van der Waals surface area contributed by atoms with Crippen molar-refractivity contribution in [3.05, 3.63) is 18.2 Å². The number of piperazine rings is 1. The fourth-order valence-electron chi connectivity index (χ4n) is 2.46. The molecule has 2 unspecified atom stereocenters. The predicted octanol–water partition coefficient (Wildman–Crippen LogP) is 1.02. The molecule has 0 radical (unpaired) electrons. The molecule has 0 aliphatic carbocycles. The summed E-state index contributed by atoms with van der Waals surface area (Å²) >= 11 is 0. The molecule has 5 nitrogen and oxygen atoms in total. The number of carbonyl (C=O) groups excluding carboxylic acids is 1. The molecule has 0 saturated carbocycles. The number of aromatic nitrogens is 2. The van der Waals surface area contributed by atoms with Crippen LogP contribution in [0.1, 0.15) is 37.2 Å². The zero-order chi connectivity index (χ0) is 13.1. The third-order valence-electron chi connectivity index (χ3n) is 3.76. The Morgan fingerprint density at radius 1 is 1.50 bits per heavy atom. The number of rotatable bonds is 3. The van der Waals surface area contributed by atoms with Crippen LogP contribution in [0.3, 0.4) is 0 Å². The van der Waals surface area contributed by atoms with E-state index in [9.17, 15) is 4.79 Å². The fraction of sp³-hybridized carbons (Fsp3) is 0.692. The van der Waals surface area contributed by atoms with Crippen LogP contribution in [-0.2, 0) is 7.05 Å². The highest BCUT2D eigenvalue weighted by Crippen LogP contribution is 2.15. The standard InChI is InChI=1S/C13H22N4O/c1-4-10-8-17(11(5-2)6-15-10)13(18)12-7-14-9-16(12)3/h7,9-11,15H,4-6,8H2,1-3H3. The highest BCUT2D eigenvalue weighted by molar-refractivity contribution is 5.92. The zero-order valence-electron chi connectivity index (χ0n) is 11.4. The summed E-state index contributed by atoms with van der Waals surface area (Å²) in [6.45, 7) is 5.95. The molecule has 1 N–H and O–H groups in total. The van der Waals surface area contributed by atoms with E-state index in [-0.39, 0.29) is 11.9 Å². The number of amides is 1. The monoisotopic (exact) mass is 250 g/mol. The van der Waals surface area contributed by atoms with E-state index in [1.165, 1.54) is 0 Å². The average Bonchev–Trinajstić information content (AvgIpc) is 2.83. The molecule has 2 atom stereocenters. The van der Waals surface area contributed by atoms with Gasteiger partial charge in [-0.1, -0.05) is 13.8 Å². The molecule has 1 amide bonds. The van der Waals surface area contributed by atoms with Crippen molar-refractivity contribution in [2.75, 3.05) is 13.1 Å². The highest BCUT2D eigenvalue weighted by atomic mass is 16.2. The Labute approximate surface area is 108 Å². The normalized spacial score (nSPS) is 24.3. The SMILES string of the molecule is CCC1CN(C(=O)c2cncn2C)C(CC)CN1. The van der Waals surface area contributed by atoms with E-state index in [0.29, 0.717) is 11.7 Å². The van der Waals surface area contributed by atoms with Gasteiger partial charge in [0.15, 0.2) is 0 Å². The van der Waals surface area contributed by atoms with Gasteiger partial charge in [-0.15, -0.1) is 0 Å². The Balaban J connectivity index is 2.17. The van der Waals surface area contributed by atoms with Gasteiger partial charge in [-0.25, -0.2) is 4.98 Å². The predicted molar refractivity (Wildman–Crippen MR) is 70.4 cm³/mol. The minimum Gasteiger partial charge on any atom is -0.332 e. The third-order valence-corrected chi connectivity index (χ3v) is 3.76. The zero-order valence-corrected chi connectivity index (χ0v) is 11.4. The minimum absolute atomic E-state index is 0.0989. The maximum Gasteiger partial charge on any atom is 0.272 e. The Bertz CT molecular complexity index is 415. The Morgan fingerprint density at radius 2 is 2.28 bits per heavy atom. The molecule has 1 fully saturated rings. The van der Waals surface area contributed by atoms with Crippen molar-refractivity contribution in [3.63, 3.8) is 0 Å². The van der Waals surface area contributed by atoms with Gasteiger partial charge in [-0.05, 0) is 12.8 Å². The molecule has 18 heavy (non-hydrogen) atoms. The summed E-state index contributed by atoms with van der Waals surface area (Å²) in [5.74, 6) is 0.0989. The second-order valence-corrected chi connectivity index (χ2v) is 4.92. The summed E-state index contributed by atoms with van der Waals surface area (Å²) in [4.78, 5) is 18.6. The van der Waals surface area contributed by atoms with Crippen LogP contribution >= 0.6 is 0 Å². The summed E-state index contributed by atoms with van der Waals surface area (Å²) in [6, 6.07) is 0.695. The smallest absolute Gasteiger partial charge is 0.272 e. The largest absolute Gasteiger partial charge is 0.332 e. The molecular weight excluding hydrogens is 228 g/mol. The van der Waals surface area contributed by atoms with Gasteiger partial charge in [-0.2, -0.15) is 0 Å². The summed E-state index contributed by atoms with van der Waals surface area (Å²) in [7, 11) is 1.86. The van der Waals surface area contributed by atoms with E-state index in [4.69, 9.17) is 0 Å². The van der Waals surface area contributed by atoms with Gasteiger partial charge in [0, 0.05) is 32.2 Å².